The fourth-order valence-corrected chi connectivity index (χ4v) is 1.48. The molecule has 2 N–H and O–H groups in total. The van der Waals surface area contributed by atoms with Crippen LogP contribution in [-0.2, 0) is 25.7 Å². The van der Waals surface area contributed by atoms with Gasteiger partial charge in [0.1, 0.15) is 6.10 Å². The SMILES string of the molecule is COC(=O)C(CO)NC(=O)C(C)OCc1ccccc1. The van der Waals surface area contributed by atoms with Crippen molar-refractivity contribution in [2.75, 3.05) is 13.7 Å². The van der Waals surface area contributed by atoms with Gasteiger partial charge in [-0.05, 0) is 12.5 Å². The molecule has 2 atom stereocenters. The van der Waals surface area contributed by atoms with Gasteiger partial charge in [0.05, 0.1) is 20.3 Å². The molecule has 0 radical (unpaired) electrons. The molecule has 0 heterocycles. The van der Waals surface area contributed by atoms with Crippen molar-refractivity contribution in [2.45, 2.75) is 25.7 Å². The summed E-state index contributed by atoms with van der Waals surface area (Å²) in [6.07, 6.45) is -0.742. The minimum atomic E-state index is -1.07. The maximum absolute atomic E-state index is 11.8. The number of carbonyl (C=O) groups is 2. The molecule has 1 rings (SSSR count). The van der Waals surface area contributed by atoms with Gasteiger partial charge in [-0.25, -0.2) is 4.79 Å². The highest BCUT2D eigenvalue weighted by molar-refractivity contribution is 5.86. The summed E-state index contributed by atoms with van der Waals surface area (Å²) in [6.45, 7) is 1.34. The van der Waals surface area contributed by atoms with Crippen molar-refractivity contribution in [1.29, 1.82) is 0 Å². The van der Waals surface area contributed by atoms with E-state index in [-0.39, 0.29) is 6.61 Å². The molecule has 2 unspecified atom stereocenters. The molecule has 110 valence electrons. The topological polar surface area (TPSA) is 84.9 Å². The van der Waals surface area contributed by atoms with Crippen LogP contribution in [0.1, 0.15) is 12.5 Å². The van der Waals surface area contributed by atoms with Crippen molar-refractivity contribution in [3.63, 3.8) is 0 Å². The fourth-order valence-electron chi connectivity index (χ4n) is 1.48. The molecule has 0 aliphatic carbocycles. The summed E-state index contributed by atoms with van der Waals surface area (Å²) >= 11 is 0. The first-order chi connectivity index (χ1) is 9.58. The highest BCUT2D eigenvalue weighted by atomic mass is 16.5. The Morgan fingerprint density at radius 3 is 2.50 bits per heavy atom. The van der Waals surface area contributed by atoms with Gasteiger partial charge >= 0.3 is 5.97 Å². The molecule has 1 amide bonds. The quantitative estimate of drug-likeness (QED) is 0.699. The highest BCUT2D eigenvalue weighted by Crippen LogP contribution is 2.03. The third-order valence-corrected chi connectivity index (χ3v) is 2.70. The van der Waals surface area contributed by atoms with Gasteiger partial charge in [0.25, 0.3) is 0 Å². The van der Waals surface area contributed by atoms with Crippen LogP contribution < -0.4 is 5.32 Å². The normalized spacial score (nSPS) is 13.3. The third-order valence-electron chi connectivity index (χ3n) is 2.70. The Bertz CT molecular complexity index is 434. The molecular weight excluding hydrogens is 262 g/mol. The van der Waals surface area contributed by atoms with Crippen molar-refractivity contribution >= 4 is 11.9 Å². The van der Waals surface area contributed by atoms with E-state index < -0.39 is 30.6 Å². The molecule has 0 aliphatic rings. The second-order valence-electron chi connectivity index (χ2n) is 4.21. The zero-order chi connectivity index (χ0) is 15.0. The van der Waals surface area contributed by atoms with Crippen LogP contribution in [0.2, 0.25) is 0 Å². The Morgan fingerprint density at radius 2 is 1.95 bits per heavy atom. The number of nitrogens with one attached hydrogen (secondary N) is 1. The molecule has 0 saturated heterocycles. The molecule has 1 aromatic carbocycles. The lowest BCUT2D eigenvalue weighted by Crippen LogP contribution is -2.47. The Kier molecular flexibility index (Phi) is 6.69. The molecule has 6 nitrogen and oxygen atoms in total. The van der Waals surface area contributed by atoms with E-state index in [1.54, 1.807) is 6.92 Å². The summed E-state index contributed by atoms with van der Waals surface area (Å²) in [5, 5.41) is 11.4. The Labute approximate surface area is 117 Å². The van der Waals surface area contributed by atoms with Crippen molar-refractivity contribution in [2.24, 2.45) is 0 Å². The van der Waals surface area contributed by atoms with Gasteiger partial charge in [0.15, 0.2) is 6.04 Å². The van der Waals surface area contributed by atoms with Crippen LogP contribution in [0.4, 0.5) is 0 Å². The number of benzene rings is 1. The van der Waals surface area contributed by atoms with Crippen molar-refractivity contribution < 1.29 is 24.2 Å². The standard InChI is InChI=1S/C14H19NO5/c1-10(20-9-11-6-4-3-5-7-11)13(17)15-12(8-16)14(18)19-2/h3-7,10,12,16H,8-9H2,1-2H3,(H,15,17). The summed E-state index contributed by atoms with van der Waals surface area (Å²) in [6, 6.07) is 8.34. The molecule has 0 aliphatic heterocycles. The molecular formula is C14H19NO5. The zero-order valence-electron chi connectivity index (χ0n) is 11.5. The average Bonchev–Trinajstić information content (AvgIpc) is 2.50. The number of esters is 1. The van der Waals surface area contributed by atoms with Crippen LogP contribution in [0.5, 0.6) is 0 Å². The molecule has 6 heteroatoms. The third kappa shape index (κ3) is 4.99. The minimum Gasteiger partial charge on any atom is -0.467 e. The molecule has 0 bridgehead atoms. The van der Waals surface area contributed by atoms with Crippen LogP contribution >= 0.6 is 0 Å². The Morgan fingerprint density at radius 1 is 1.30 bits per heavy atom. The number of hydrogen-bond donors (Lipinski definition) is 2. The molecule has 0 fully saturated rings. The second-order valence-corrected chi connectivity index (χ2v) is 4.21. The predicted molar refractivity (Wildman–Crippen MR) is 71.7 cm³/mol. The lowest BCUT2D eigenvalue weighted by molar-refractivity contribution is -0.148. The molecule has 0 saturated carbocycles. The van der Waals surface area contributed by atoms with Gasteiger partial charge in [-0.3, -0.25) is 4.79 Å². The van der Waals surface area contributed by atoms with Crippen LogP contribution in [0.3, 0.4) is 0 Å². The van der Waals surface area contributed by atoms with E-state index in [0.717, 1.165) is 5.56 Å². The van der Waals surface area contributed by atoms with E-state index in [0.29, 0.717) is 0 Å². The van der Waals surface area contributed by atoms with E-state index in [2.05, 4.69) is 10.1 Å². The van der Waals surface area contributed by atoms with Gasteiger partial charge in [-0.1, -0.05) is 30.3 Å². The number of carbonyl (C=O) groups excluding carboxylic acids is 2. The number of rotatable bonds is 7. The average molecular weight is 281 g/mol. The maximum Gasteiger partial charge on any atom is 0.330 e. The van der Waals surface area contributed by atoms with E-state index in [4.69, 9.17) is 9.84 Å². The second kappa shape index (κ2) is 8.29. The van der Waals surface area contributed by atoms with E-state index in [1.165, 1.54) is 7.11 Å². The van der Waals surface area contributed by atoms with Crippen LogP contribution in [0, 0.1) is 0 Å². The zero-order valence-corrected chi connectivity index (χ0v) is 11.5. The summed E-state index contributed by atoms with van der Waals surface area (Å²) in [5.41, 5.74) is 0.943. The fraction of sp³-hybridized carbons (Fsp3) is 0.429. The Hall–Kier alpha value is -1.92. The largest absolute Gasteiger partial charge is 0.467 e. The van der Waals surface area contributed by atoms with E-state index >= 15 is 0 Å². The number of methoxy groups -OCH3 is 1. The summed E-state index contributed by atoms with van der Waals surface area (Å²) in [4.78, 5) is 23.0. The van der Waals surface area contributed by atoms with Gasteiger partial charge in [0.2, 0.25) is 5.91 Å². The van der Waals surface area contributed by atoms with Gasteiger partial charge in [0, 0.05) is 0 Å². The smallest absolute Gasteiger partial charge is 0.330 e. The molecule has 1 aromatic rings. The van der Waals surface area contributed by atoms with Crippen molar-refractivity contribution in [3.8, 4) is 0 Å². The van der Waals surface area contributed by atoms with Crippen LogP contribution in [0.15, 0.2) is 30.3 Å². The molecule has 20 heavy (non-hydrogen) atoms. The monoisotopic (exact) mass is 281 g/mol. The minimum absolute atomic E-state index is 0.289. The maximum atomic E-state index is 11.8. The Balaban J connectivity index is 2.44. The number of hydrogen-bond acceptors (Lipinski definition) is 5. The van der Waals surface area contributed by atoms with E-state index in [9.17, 15) is 9.59 Å². The molecule has 0 aromatic heterocycles. The first-order valence-corrected chi connectivity index (χ1v) is 6.23. The first-order valence-electron chi connectivity index (χ1n) is 6.23. The summed E-state index contributed by atoms with van der Waals surface area (Å²) < 4.78 is 9.86. The predicted octanol–water partition coefficient (Wildman–Crippen LogP) is 0.242. The van der Waals surface area contributed by atoms with Crippen LogP contribution in [-0.4, -0.2) is 42.8 Å². The number of aliphatic hydroxyl groups excluding tert-OH is 1. The number of ether oxygens (including phenoxy) is 2. The number of aliphatic hydroxyl groups is 1. The number of amides is 1. The van der Waals surface area contributed by atoms with Gasteiger partial charge in [-0.2, -0.15) is 0 Å². The lowest BCUT2D eigenvalue weighted by Gasteiger charge is -2.17. The first kappa shape index (κ1) is 16.1. The van der Waals surface area contributed by atoms with E-state index in [1.807, 2.05) is 30.3 Å². The van der Waals surface area contributed by atoms with Crippen molar-refractivity contribution in [1.82, 2.24) is 5.32 Å². The van der Waals surface area contributed by atoms with Gasteiger partial charge in [-0.15, -0.1) is 0 Å². The van der Waals surface area contributed by atoms with Crippen LogP contribution in [0.25, 0.3) is 0 Å². The highest BCUT2D eigenvalue weighted by Gasteiger charge is 2.23. The summed E-state index contributed by atoms with van der Waals surface area (Å²) in [5.74, 6) is -1.18. The lowest BCUT2D eigenvalue weighted by atomic mass is 10.2. The summed E-state index contributed by atoms with van der Waals surface area (Å²) in [7, 11) is 1.19. The van der Waals surface area contributed by atoms with Gasteiger partial charge < -0.3 is 19.9 Å². The van der Waals surface area contributed by atoms with Crippen molar-refractivity contribution in [3.05, 3.63) is 35.9 Å². The molecule has 0 spiro atoms.